The molecule has 7 nitrogen and oxygen atoms in total. The Morgan fingerprint density at radius 2 is 1.79 bits per heavy atom. The monoisotopic (exact) mass is 390 g/mol. The van der Waals surface area contributed by atoms with Crippen molar-refractivity contribution in [3.05, 3.63) is 48.6 Å². The molecule has 0 fully saturated rings. The van der Waals surface area contributed by atoms with Crippen molar-refractivity contribution in [2.24, 2.45) is 17.8 Å². The van der Waals surface area contributed by atoms with E-state index in [2.05, 4.69) is 11.9 Å². The van der Waals surface area contributed by atoms with Crippen LogP contribution in [0, 0.1) is 17.8 Å². The van der Waals surface area contributed by atoms with E-state index < -0.39 is 35.7 Å². The molecule has 0 aromatic heterocycles. The maximum absolute atomic E-state index is 13.0. The summed E-state index contributed by atoms with van der Waals surface area (Å²) in [5.41, 5.74) is 2.50. The molecule has 1 rings (SSSR count). The van der Waals surface area contributed by atoms with Crippen LogP contribution < -0.4 is 10.8 Å². The molecule has 7 heteroatoms. The van der Waals surface area contributed by atoms with Gasteiger partial charge < -0.3 is 10.1 Å². The van der Waals surface area contributed by atoms with E-state index in [1.807, 2.05) is 44.2 Å². The number of ether oxygens (including phenoxy) is 1. The number of esters is 1. The van der Waals surface area contributed by atoms with Gasteiger partial charge in [0.1, 0.15) is 6.04 Å². The molecule has 0 aliphatic heterocycles. The number of allylic oxidation sites excluding steroid dienone is 1. The van der Waals surface area contributed by atoms with Crippen molar-refractivity contribution in [3.8, 4) is 0 Å². The van der Waals surface area contributed by atoms with Crippen molar-refractivity contribution < 1.29 is 24.3 Å². The van der Waals surface area contributed by atoms with E-state index in [4.69, 9.17) is 9.94 Å². The van der Waals surface area contributed by atoms with Crippen LogP contribution in [0.4, 0.5) is 0 Å². The lowest BCUT2D eigenvalue weighted by molar-refractivity contribution is -0.147. The molecule has 2 amide bonds. The van der Waals surface area contributed by atoms with E-state index in [1.165, 1.54) is 13.2 Å². The minimum Gasteiger partial charge on any atom is -0.467 e. The minimum atomic E-state index is -0.879. The molecule has 0 bridgehead atoms. The second-order valence-electron chi connectivity index (χ2n) is 7.12. The van der Waals surface area contributed by atoms with Crippen molar-refractivity contribution in [2.75, 3.05) is 7.11 Å². The van der Waals surface area contributed by atoms with Crippen LogP contribution in [0.25, 0.3) is 0 Å². The predicted molar refractivity (Wildman–Crippen MR) is 105 cm³/mol. The van der Waals surface area contributed by atoms with Crippen molar-refractivity contribution in [1.29, 1.82) is 0 Å². The molecule has 0 radical (unpaired) electrons. The van der Waals surface area contributed by atoms with E-state index in [1.54, 1.807) is 5.48 Å². The van der Waals surface area contributed by atoms with Crippen LogP contribution >= 0.6 is 0 Å². The first-order valence-corrected chi connectivity index (χ1v) is 9.30. The Bertz CT molecular complexity index is 660. The summed E-state index contributed by atoms with van der Waals surface area (Å²) in [6, 6.07) is 8.38. The molecule has 0 heterocycles. The standard InChI is InChI=1S/C21H30N2O5/c1-5-9-16(20(25)23-27)17(12-14(2)3)19(24)22-18(21(26)28-4)13-15-10-7-6-8-11-15/h5-8,10-11,14,16-18,27H,1,9,12-13H2,2-4H3,(H,22,24)(H,23,25)/t16?,17-,18?/m1/s1. The Morgan fingerprint density at radius 1 is 1.14 bits per heavy atom. The highest BCUT2D eigenvalue weighted by Crippen LogP contribution is 2.25. The van der Waals surface area contributed by atoms with E-state index in [0.717, 1.165) is 5.56 Å². The van der Waals surface area contributed by atoms with Gasteiger partial charge in [-0.25, -0.2) is 10.3 Å². The zero-order valence-electron chi connectivity index (χ0n) is 16.7. The summed E-state index contributed by atoms with van der Waals surface area (Å²) >= 11 is 0. The first-order chi connectivity index (χ1) is 13.3. The number of hydroxylamine groups is 1. The molecule has 0 spiro atoms. The van der Waals surface area contributed by atoms with Crippen LogP contribution in [0.3, 0.4) is 0 Å². The highest BCUT2D eigenvalue weighted by atomic mass is 16.5. The van der Waals surface area contributed by atoms with E-state index >= 15 is 0 Å². The Morgan fingerprint density at radius 3 is 2.29 bits per heavy atom. The van der Waals surface area contributed by atoms with Crippen LogP contribution in [-0.4, -0.2) is 36.1 Å². The largest absolute Gasteiger partial charge is 0.467 e. The van der Waals surface area contributed by atoms with Gasteiger partial charge in [0.15, 0.2) is 0 Å². The van der Waals surface area contributed by atoms with Crippen LogP contribution in [0.5, 0.6) is 0 Å². The van der Waals surface area contributed by atoms with Crippen LogP contribution in [0.15, 0.2) is 43.0 Å². The second-order valence-corrected chi connectivity index (χ2v) is 7.12. The lowest BCUT2D eigenvalue weighted by Gasteiger charge is -2.27. The van der Waals surface area contributed by atoms with Crippen molar-refractivity contribution in [1.82, 2.24) is 10.8 Å². The Hall–Kier alpha value is -2.67. The fourth-order valence-corrected chi connectivity index (χ4v) is 3.14. The number of amides is 2. The van der Waals surface area contributed by atoms with Gasteiger partial charge in [-0.3, -0.25) is 14.8 Å². The Kier molecular flexibility index (Phi) is 9.95. The summed E-state index contributed by atoms with van der Waals surface area (Å²) in [5, 5.41) is 11.8. The molecule has 1 aromatic carbocycles. The normalized spacial score (nSPS) is 13.9. The molecular formula is C21H30N2O5. The zero-order chi connectivity index (χ0) is 21.1. The smallest absolute Gasteiger partial charge is 0.328 e. The number of carbonyl (C=O) groups is 3. The van der Waals surface area contributed by atoms with E-state index in [9.17, 15) is 14.4 Å². The van der Waals surface area contributed by atoms with Crippen LogP contribution in [-0.2, 0) is 25.5 Å². The van der Waals surface area contributed by atoms with E-state index in [-0.39, 0.29) is 18.8 Å². The van der Waals surface area contributed by atoms with Gasteiger partial charge in [-0.05, 0) is 24.3 Å². The number of carbonyl (C=O) groups excluding carboxylic acids is 3. The molecule has 154 valence electrons. The highest BCUT2D eigenvalue weighted by molar-refractivity contribution is 5.90. The SMILES string of the molecule is C=CCC(C(=O)NO)[C@@H](CC(C)C)C(=O)NC(Cc1ccccc1)C(=O)OC. The first kappa shape index (κ1) is 23.4. The topological polar surface area (TPSA) is 105 Å². The maximum atomic E-state index is 13.0. The quantitative estimate of drug-likeness (QED) is 0.233. The fourth-order valence-electron chi connectivity index (χ4n) is 3.14. The van der Waals surface area contributed by atoms with Crippen LogP contribution in [0.1, 0.15) is 32.3 Å². The average Bonchev–Trinajstić information content (AvgIpc) is 2.69. The predicted octanol–water partition coefficient (Wildman–Crippen LogP) is 2.25. The highest BCUT2D eigenvalue weighted by Gasteiger charge is 2.35. The number of rotatable bonds is 11. The number of benzene rings is 1. The summed E-state index contributed by atoms with van der Waals surface area (Å²) in [7, 11) is 1.26. The Balaban J connectivity index is 3.07. The molecule has 0 aliphatic rings. The lowest BCUT2D eigenvalue weighted by Crippen LogP contribution is -2.49. The number of hydrogen-bond acceptors (Lipinski definition) is 5. The number of nitrogens with one attached hydrogen (secondary N) is 2. The summed E-state index contributed by atoms with van der Waals surface area (Å²) in [6.45, 7) is 7.50. The van der Waals surface area contributed by atoms with Crippen molar-refractivity contribution in [3.63, 3.8) is 0 Å². The molecule has 3 atom stereocenters. The molecule has 2 unspecified atom stereocenters. The molecule has 3 N–H and O–H groups in total. The van der Waals surface area contributed by atoms with Gasteiger partial charge in [-0.1, -0.05) is 50.3 Å². The zero-order valence-corrected chi connectivity index (χ0v) is 16.7. The number of methoxy groups -OCH3 is 1. The first-order valence-electron chi connectivity index (χ1n) is 9.30. The lowest BCUT2D eigenvalue weighted by atomic mass is 9.82. The molecule has 0 saturated heterocycles. The van der Waals surface area contributed by atoms with Crippen molar-refractivity contribution >= 4 is 17.8 Å². The van der Waals surface area contributed by atoms with Gasteiger partial charge in [-0.15, -0.1) is 6.58 Å². The second kappa shape index (κ2) is 11.9. The summed E-state index contributed by atoms with van der Waals surface area (Å²) < 4.78 is 4.83. The van der Waals surface area contributed by atoms with Gasteiger partial charge in [0.2, 0.25) is 11.8 Å². The van der Waals surface area contributed by atoms with Gasteiger partial charge in [-0.2, -0.15) is 0 Å². The van der Waals surface area contributed by atoms with Gasteiger partial charge in [0.25, 0.3) is 0 Å². The minimum absolute atomic E-state index is 0.125. The summed E-state index contributed by atoms with van der Waals surface area (Å²) in [5.74, 6) is -3.05. The molecule has 0 saturated carbocycles. The summed E-state index contributed by atoms with van der Waals surface area (Å²) in [4.78, 5) is 37.3. The van der Waals surface area contributed by atoms with Crippen molar-refractivity contribution in [2.45, 2.75) is 39.2 Å². The van der Waals surface area contributed by atoms with Crippen LogP contribution in [0.2, 0.25) is 0 Å². The molecule has 1 aromatic rings. The third-order valence-electron chi connectivity index (χ3n) is 4.50. The fraction of sp³-hybridized carbons (Fsp3) is 0.476. The third-order valence-corrected chi connectivity index (χ3v) is 4.50. The molecule has 28 heavy (non-hydrogen) atoms. The average molecular weight is 390 g/mol. The molecule has 0 aliphatic carbocycles. The summed E-state index contributed by atoms with van der Waals surface area (Å²) in [6.07, 6.45) is 2.43. The van der Waals surface area contributed by atoms with Gasteiger partial charge >= 0.3 is 5.97 Å². The van der Waals surface area contributed by atoms with E-state index in [0.29, 0.717) is 6.42 Å². The Labute approximate surface area is 166 Å². The maximum Gasteiger partial charge on any atom is 0.328 e. The van der Waals surface area contributed by atoms with Gasteiger partial charge in [0.05, 0.1) is 18.9 Å². The molecular weight excluding hydrogens is 360 g/mol. The number of hydrogen-bond donors (Lipinski definition) is 3. The van der Waals surface area contributed by atoms with Gasteiger partial charge in [0, 0.05) is 6.42 Å². The third kappa shape index (κ3) is 7.15.